The normalized spacial score (nSPS) is 34.2. The Kier molecular flexibility index (Phi) is 3.16. The highest BCUT2D eigenvalue weighted by molar-refractivity contribution is 4.77. The minimum atomic E-state index is 0.481. The summed E-state index contributed by atoms with van der Waals surface area (Å²) in [5, 5.41) is 3.45. The third-order valence-electron chi connectivity index (χ3n) is 2.26. The fourth-order valence-corrected chi connectivity index (χ4v) is 1.61. The first-order chi connectivity index (χ1) is 4.83. The Balaban J connectivity index is 2.13. The molecular weight excluding hydrogens is 124 g/mol. The summed E-state index contributed by atoms with van der Waals surface area (Å²) in [6.45, 7) is 3.26. The fourth-order valence-electron chi connectivity index (χ4n) is 1.61. The average molecular weight is 142 g/mol. The van der Waals surface area contributed by atoms with Gasteiger partial charge in [-0.25, -0.2) is 0 Å². The third-order valence-corrected chi connectivity index (χ3v) is 2.26. The molecule has 0 unspecified atom stereocenters. The van der Waals surface area contributed by atoms with E-state index in [2.05, 4.69) is 12.2 Å². The standard InChI is InChI=1S/C8H18N2/c1-2-10-8-5-3-7(9)4-6-8/h7-8,10H,2-6,9H2,1H3/t7-,8-. The molecule has 3 N–H and O–H groups in total. The first-order valence-corrected chi connectivity index (χ1v) is 4.32. The van der Waals surface area contributed by atoms with Gasteiger partial charge in [0.05, 0.1) is 0 Å². The molecule has 0 aliphatic heterocycles. The van der Waals surface area contributed by atoms with Crippen molar-refractivity contribution < 1.29 is 0 Å². The van der Waals surface area contributed by atoms with Gasteiger partial charge in [-0.3, -0.25) is 0 Å². The van der Waals surface area contributed by atoms with Crippen molar-refractivity contribution in [3.63, 3.8) is 0 Å². The summed E-state index contributed by atoms with van der Waals surface area (Å²) >= 11 is 0. The van der Waals surface area contributed by atoms with Crippen LogP contribution < -0.4 is 11.1 Å². The molecule has 0 bridgehead atoms. The van der Waals surface area contributed by atoms with Gasteiger partial charge in [0.15, 0.2) is 0 Å². The van der Waals surface area contributed by atoms with Crippen LogP contribution in [-0.2, 0) is 0 Å². The summed E-state index contributed by atoms with van der Waals surface area (Å²) in [4.78, 5) is 0. The Bertz CT molecular complexity index is 85.3. The summed E-state index contributed by atoms with van der Waals surface area (Å²) in [5.74, 6) is 0. The van der Waals surface area contributed by atoms with E-state index in [9.17, 15) is 0 Å². The number of hydrogen-bond acceptors (Lipinski definition) is 2. The van der Waals surface area contributed by atoms with Gasteiger partial charge in [-0.15, -0.1) is 0 Å². The zero-order valence-corrected chi connectivity index (χ0v) is 6.77. The quantitative estimate of drug-likeness (QED) is 0.600. The second kappa shape index (κ2) is 3.94. The molecule has 0 spiro atoms. The second-order valence-corrected chi connectivity index (χ2v) is 3.17. The number of hydrogen-bond donors (Lipinski definition) is 2. The molecular formula is C8H18N2. The molecule has 0 heterocycles. The van der Waals surface area contributed by atoms with Crippen molar-refractivity contribution in [3.8, 4) is 0 Å². The second-order valence-electron chi connectivity index (χ2n) is 3.17. The van der Waals surface area contributed by atoms with Gasteiger partial charge < -0.3 is 11.1 Å². The highest BCUT2D eigenvalue weighted by Gasteiger charge is 2.16. The van der Waals surface area contributed by atoms with Crippen LogP contribution in [0, 0.1) is 0 Å². The summed E-state index contributed by atoms with van der Waals surface area (Å²) in [6.07, 6.45) is 4.96. The molecule has 2 heteroatoms. The monoisotopic (exact) mass is 142 g/mol. The van der Waals surface area contributed by atoms with E-state index in [0.29, 0.717) is 6.04 Å². The SMILES string of the molecule is CCN[C@H]1CC[C@H](N)CC1. The van der Waals surface area contributed by atoms with Crippen molar-refractivity contribution in [1.29, 1.82) is 0 Å². The van der Waals surface area contributed by atoms with E-state index in [-0.39, 0.29) is 0 Å². The first-order valence-electron chi connectivity index (χ1n) is 4.32. The predicted octanol–water partition coefficient (Wildman–Crippen LogP) is 0.866. The van der Waals surface area contributed by atoms with Gasteiger partial charge in [0.25, 0.3) is 0 Å². The van der Waals surface area contributed by atoms with Crippen molar-refractivity contribution in [1.82, 2.24) is 5.32 Å². The molecule has 0 saturated heterocycles. The summed E-state index contributed by atoms with van der Waals surface area (Å²) in [6, 6.07) is 1.24. The zero-order chi connectivity index (χ0) is 7.40. The minimum Gasteiger partial charge on any atom is -0.328 e. The van der Waals surface area contributed by atoms with Gasteiger partial charge in [-0.1, -0.05) is 6.92 Å². The largest absolute Gasteiger partial charge is 0.328 e. The average Bonchev–Trinajstić information content (AvgIpc) is 1.95. The van der Waals surface area contributed by atoms with Gasteiger partial charge in [0.1, 0.15) is 0 Å². The van der Waals surface area contributed by atoms with Crippen LogP contribution >= 0.6 is 0 Å². The van der Waals surface area contributed by atoms with Crippen LogP contribution in [0.25, 0.3) is 0 Å². The van der Waals surface area contributed by atoms with Crippen LogP contribution in [0.1, 0.15) is 32.6 Å². The van der Waals surface area contributed by atoms with Crippen molar-refractivity contribution in [2.75, 3.05) is 6.54 Å². The summed E-state index contributed by atoms with van der Waals surface area (Å²) in [7, 11) is 0. The number of nitrogens with two attached hydrogens (primary N) is 1. The lowest BCUT2D eigenvalue weighted by Crippen LogP contribution is -2.37. The van der Waals surface area contributed by atoms with E-state index in [1.165, 1.54) is 25.7 Å². The van der Waals surface area contributed by atoms with Gasteiger partial charge in [-0.05, 0) is 32.2 Å². The minimum absolute atomic E-state index is 0.481. The van der Waals surface area contributed by atoms with Crippen molar-refractivity contribution in [2.45, 2.75) is 44.7 Å². The molecule has 2 nitrogen and oxygen atoms in total. The Morgan fingerprint density at radius 3 is 2.40 bits per heavy atom. The lowest BCUT2D eigenvalue weighted by atomic mass is 9.92. The molecule has 1 aliphatic carbocycles. The van der Waals surface area contributed by atoms with Crippen LogP contribution in [0.5, 0.6) is 0 Å². The zero-order valence-electron chi connectivity index (χ0n) is 6.77. The summed E-state index contributed by atoms with van der Waals surface area (Å²) in [5.41, 5.74) is 5.77. The Labute approximate surface area is 63.2 Å². The van der Waals surface area contributed by atoms with E-state index in [4.69, 9.17) is 5.73 Å². The molecule has 1 saturated carbocycles. The third kappa shape index (κ3) is 2.27. The van der Waals surface area contributed by atoms with Gasteiger partial charge in [0, 0.05) is 12.1 Å². The molecule has 0 amide bonds. The maximum absolute atomic E-state index is 5.77. The van der Waals surface area contributed by atoms with Crippen molar-refractivity contribution in [3.05, 3.63) is 0 Å². The first kappa shape index (κ1) is 8.02. The van der Waals surface area contributed by atoms with Gasteiger partial charge in [-0.2, -0.15) is 0 Å². The molecule has 10 heavy (non-hydrogen) atoms. The summed E-state index contributed by atoms with van der Waals surface area (Å²) < 4.78 is 0. The van der Waals surface area contributed by atoms with Crippen LogP contribution in [0.2, 0.25) is 0 Å². The van der Waals surface area contributed by atoms with Gasteiger partial charge >= 0.3 is 0 Å². The number of rotatable bonds is 2. The molecule has 0 aromatic rings. The molecule has 0 radical (unpaired) electrons. The highest BCUT2D eigenvalue weighted by atomic mass is 14.9. The van der Waals surface area contributed by atoms with Crippen molar-refractivity contribution in [2.24, 2.45) is 5.73 Å². The van der Waals surface area contributed by atoms with Crippen LogP contribution in [0.15, 0.2) is 0 Å². The molecule has 60 valence electrons. The van der Waals surface area contributed by atoms with E-state index in [1.54, 1.807) is 0 Å². The van der Waals surface area contributed by atoms with E-state index < -0.39 is 0 Å². The fraction of sp³-hybridized carbons (Fsp3) is 1.00. The molecule has 0 aromatic heterocycles. The smallest absolute Gasteiger partial charge is 0.00681 e. The molecule has 1 aliphatic rings. The lowest BCUT2D eigenvalue weighted by molar-refractivity contribution is 0.348. The topological polar surface area (TPSA) is 38.0 Å². The molecule has 0 atom stereocenters. The number of nitrogens with one attached hydrogen (secondary N) is 1. The van der Waals surface area contributed by atoms with E-state index in [0.717, 1.165) is 12.6 Å². The van der Waals surface area contributed by atoms with Crippen LogP contribution in [0.4, 0.5) is 0 Å². The van der Waals surface area contributed by atoms with Crippen LogP contribution in [0.3, 0.4) is 0 Å². The van der Waals surface area contributed by atoms with Gasteiger partial charge in [0.2, 0.25) is 0 Å². The van der Waals surface area contributed by atoms with E-state index in [1.807, 2.05) is 0 Å². The van der Waals surface area contributed by atoms with Crippen molar-refractivity contribution >= 4 is 0 Å². The van der Waals surface area contributed by atoms with E-state index >= 15 is 0 Å². The predicted molar refractivity (Wildman–Crippen MR) is 43.9 cm³/mol. The highest BCUT2D eigenvalue weighted by Crippen LogP contribution is 2.16. The van der Waals surface area contributed by atoms with Crippen LogP contribution in [-0.4, -0.2) is 18.6 Å². The molecule has 0 aromatic carbocycles. The molecule has 1 rings (SSSR count). The lowest BCUT2D eigenvalue weighted by Gasteiger charge is -2.26. The Hall–Kier alpha value is -0.0800. The molecule has 1 fully saturated rings. The maximum atomic E-state index is 5.77. The Morgan fingerprint density at radius 2 is 1.90 bits per heavy atom. The Morgan fingerprint density at radius 1 is 1.30 bits per heavy atom. The maximum Gasteiger partial charge on any atom is 0.00681 e.